The molecule has 1 aromatic rings. The fourth-order valence-corrected chi connectivity index (χ4v) is 3.16. The molecule has 2 heterocycles. The monoisotopic (exact) mass is 341 g/mol. The topological polar surface area (TPSA) is 68.7 Å². The third-order valence-corrected chi connectivity index (χ3v) is 4.23. The van der Waals surface area contributed by atoms with E-state index < -0.39 is 11.9 Å². The molecule has 0 bridgehead atoms. The number of rotatable bonds is 3. The summed E-state index contributed by atoms with van der Waals surface area (Å²) in [5.41, 5.74) is 1.47. The summed E-state index contributed by atoms with van der Waals surface area (Å²) in [6.07, 6.45) is 4.59. The van der Waals surface area contributed by atoms with Gasteiger partial charge in [0.1, 0.15) is 5.92 Å². The summed E-state index contributed by atoms with van der Waals surface area (Å²) < 4.78 is 12.4. The van der Waals surface area contributed by atoms with Gasteiger partial charge in [-0.2, -0.15) is 0 Å². The van der Waals surface area contributed by atoms with E-state index in [0.717, 1.165) is 29.3 Å². The Morgan fingerprint density at radius 2 is 2.35 bits per heavy atom. The minimum absolute atomic E-state index is 0.229. The van der Waals surface area contributed by atoms with Gasteiger partial charge in [-0.3, -0.25) is 9.78 Å². The van der Waals surface area contributed by atoms with Crippen molar-refractivity contribution in [3.63, 3.8) is 0 Å². The van der Waals surface area contributed by atoms with Crippen LogP contribution >= 0.6 is 15.9 Å². The van der Waals surface area contributed by atoms with Gasteiger partial charge in [0.2, 0.25) is 0 Å². The first kappa shape index (κ1) is 14.0. The molecular weight excluding hydrogens is 326 g/mol. The maximum Gasteiger partial charge on any atom is 0.312 e. The number of fused-ring (bicyclic) bond motifs is 1. The van der Waals surface area contributed by atoms with Gasteiger partial charge in [0.25, 0.3) is 0 Å². The van der Waals surface area contributed by atoms with Gasteiger partial charge in [0.05, 0.1) is 11.8 Å². The van der Waals surface area contributed by atoms with Gasteiger partial charge < -0.3 is 14.6 Å². The predicted molar refractivity (Wildman–Crippen MR) is 74.3 cm³/mol. The zero-order chi connectivity index (χ0) is 14.1. The molecule has 2 aliphatic rings. The number of halogens is 1. The summed E-state index contributed by atoms with van der Waals surface area (Å²) in [5, 5.41) is 9.31. The van der Waals surface area contributed by atoms with Crippen molar-refractivity contribution in [1.82, 2.24) is 4.98 Å². The highest BCUT2D eigenvalue weighted by molar-refractivity contribution is 9.10. The molecule has 0 amide bonds. The molecule has 20 heavy (non-hydrogen) atoms. The van der Waals surface area contributed by atoms with Crippen molar-refractivity contribution in [2.45, 2.75) is 44.0 Å². The number of carboxylic acids is 1. The van der Waals surface area contributed by atoms with E-state index in [2.05, 4.69) is 20.9 Å². The lowest BCUT2D eigenvalue weighted by Gasteiger charge is -2.26. The highest BCUT2D eigenvalue weighted by atomic mass is 79.9. The lowest BCUT2D eigenvalue weighted by Crippen LogP contribution is -2.24. The lowest BCUT2D eigenvalue weighted by molar-refractivity contribution is -0.190. The molecule has 3 unspecified atom stereocenters. The number of carboxylic acid groups (broad SMARTS) is 1. The first-order valence-electron chi connectivity index (χ1n) is 6.80. The van der Waals surface area contributed by atoms with Crippen LogP contribution in [0.3, 0.4) is 0 Å². The normalized spacial score (nSPS) is 29.1. The fourth-order valence-electron chi connectivity index (χ4n) is 2.82. The van der Waals surface area contributed by atoms with Gasteiger partial charge in [-0.15, -0.1) is 0 Å². The molecule has 3 atom stereocenters. The second kappa shape index (κ2) is 5.79. The average Bonchev–Trinajstić information content (AvgIpc) is 2.78. The number of pyridine rings is 1. The average molecular weight is 342 g/mol. The number of hydrogen-bond acceptors (Lipinski definition) is 4. The van der Waals surface area contributed by atoms with E-state index in [1.54, 1.807) is 6.20 Å². The Labute approximate surface area is 125 Å². The molecular formula is C14H16BrNO4. The SMILES string of the molecule is O=C(O)C1CC(OC2CCCCO2)c2cc(Br)cnc21. The van der Waals surface area contributed by atoms with Crippen LogP contribution in [-0.2, 0) is 14.3 Å². The molecule has 0 spiro atoms. The Balaban J connectivity index is 1.82. The number of carbonyl (C=O) groups is 1. The standard InChI is InChI=1S/C14H16BrNO4/c15-8-5-9-11(20-12-3-1-2-4-19-12)6-10(14(17)18)13(9)16-7-8/h5,7,10-12H,1-4,6H2,(H,17,18). The van der Waals surface area contributed by atoms with E-state index in [1.165, 1.54) is 0 Å². The van der Waals surface area contributed by atoms with Gasteiger partial charge in [0, 0.05) is 22.8 Å². The van der Waals surface area contributed by atoms with Crippen molar-refractivity contribution < 1.29 is 19.4 Å². The summed E-state index contributed by atoms with van der Waals surface area (Å²) in [4.78, 5) is 15.6. The second-order valence-corrected chi connectivity index (χ2v) is 6.09. The van der Waals surface area contributed by atoms with E-state index in [-0.39, 0.29) is 12.4 Å². The Morgan fingerprint density at radius 3 is 3.05 bits per heavy atom. The second-order valence-electron chi connectivity index (χ2n) is 5.18. The fraction of sp³-hybridized carbons (Fsp3) is 0.571. The van der Waals surface area contributed by atoms with Crippen molar-refractivity contribution in [1.29, 1.82) is 0 Å². The Kier molecular flexibility index (Phi) is 4.05. The van der Waals surface area contributed by atoms with Crippen LogP contribution in [0, 0.1) is 0 Å². The van der Waals surface area contributed by atoms with Crippen LogP contribution in [0.1, 0.15) is 49.0 Å². The van der Waals surface area contributed by atoms with Crippen LogP contribution in [0.2, 0.25) is 0 Å². The minimum Gasteiger partial charge on any atom is -0.481 e. The van der Waals surface area contributed by atoms with Crippen molar-refractivity contribution in [2.75, 3.05) is 6.61 Å². The van der Waals surface area contributed by atoms with Crippen LogP contribution in [0.4, 0.5) is 0 Å². The van der Waals surface area contributed by atoms with Gasteiger partial charge in [-0.05, 0) is 47.7 Å². The predicted octanol–water partition coefficient (Wildman–Crippen LogP) is 3.00. The zero-order valence-electron chi connectivity index (χ0n) is 10.9. The maximum atomic E-state index is 11.3. The Bertz CT molecular complexity index is 516. The van der Waals surface area contributed by atoms with Crippen molar-refractivity contribution in [3.05, 3.63) is 28.0 Å². The molecule has 1 aliphatic carbocycles. The first-order chi connectivity index (χ1) is 9.65. The minimum atomic E-state index is -0.850. The molecule has 1 fully saturated rings. The number of aromatic nitrogens is 1. The van der Waals surface area contributed by atoms with E-state index >= 15 is 0 Å². The number of nitrogens with zero attached hydrogens (tertiary/aromatic N) is 1. The molecule has 0 radical (unpaired) electrons. The number of hydrogen-bond donors (Lipinski definition) is 1. The van der Waals surface area contributed by atoms with Crippen LogP contribution < -0.4 is 0 Å². The Hall–Kier alpha value is -0.980. The van der Waals surface area contributed by atoms with Crippen LogP contribution in [0.5, 0.6) is 0 Å². The number of aliphatic carboxylic acids is 1. The van der Waals surface area contributed by atoms with Gasteiger partial charge in [0.15, 0.2) is 6.29 Å². The van der Waals surface area contributed by atoms with Gasteiger partial charge in [-0.25, -0.2) is 0 Å². The van der Waals surface area contributed by atoms with E-state index in [9.17, 15) is 9.90 Å². The molecule has 3 rings (SSSR count). The molecule has 0 aromatic carbocycles. The molecule has 1 aromatic heterocycles. The van der Waals surface area contributed by atoms with Crippen LogP contribution in [-0.4, -0.2) is 29.0 Å². The maximum absolute atomic E-state index is 11.3. The molecule has 5 nitrogen and oxygen atoms in total. The van der Waals surface area contributed by atoms with Crippen LogP contribution in [0.15, 0.2) is 16.7 Å². The molecule has 1 N–H and O–H groups in total. The first-order valence-corrected chi connectivity index (χ1v) is 7.59. The summed E-state index contributed by atoms with van der Waals surface area (Å²) in [6, 6.07) is 1.90. The highest BCUT2D eigenvalue weighted by Gasteiger charge is 2.39. The van der Waals surface area contributed by atoms with E-state index in [4.69, 9.17) is 9.47 Å². The number of ether oxygens (including phenoxy) is 2. The molecule has 1 saturated heterocycles. The van der Waals surface area contributed by atoms with Crippen molar-refractivity contribution in [2.24, 2.45) is 0 Å². The third-order valence-electron chi connectivity index (χ3n) is 3.79. The molecule has 6 heteroatoms. The molecule has 108 valence electrons. The summed E-state index contributed by atoms with van der Waals surface area (Å²) in [5.74, 6) is -1.44. The van der Waals surface area contributed by atoms with Crippen LogP contribution in [0.25, 0.3) is 0 Å². The zero-order valence-corrected chi connectivity index (χ0v) is 12.5. The Morgan fingerprint density at radius 1 is 1.50 bits per heavy atom. The lowest BCUT2D eigenvalue weighted by atomic mass is 10.1. The van der Waals surface area contributed by atoms with Gasteiger partial charge in [-0.1, -0.05) is 0 Å². The van der Waals surface area contributed by atoms with E-state index in [0.29, 0.717) is 18.7 Å². The van der Waals surface area contributed by atoms with Gasteiger partial charge >= 0.3 is 5.97 Å². The summed E-state index contributed by atoms with van der Waals surface area (Å²) >= 11 is 3.38. The summed E-state index contributed by atoms with van der Waals surface area (Å²) in [6.45, 7) is 0.712. The largest absolute Gasteiger partial charge is 0.481 e. The smallest absolute Gasteiger partial charge is 0.312 e. The van der Waals surface area contributed by atoms with Crippen molar-refractivity contribution >= 4 is 21.9 Å². The molecule has 1 aliphatic heterocycles. The third kappa shape index (κ3) is 2.73. The summed E-state index contributed by atoms with van der Waals surface area (Å²) in [7, 11) is 0. The quantitative estimate of drug-likeness (QED) is 0.915. The highest BCUT2D eigenvalue weighted by Crippen LogP contribution is 2.43. The van der Waals surface area contributed by atoms with Crippen molar-refractivity contribution in [3.8, 4) is 0 Å². The van der Waals surface area contributed by atoms with E-state index in [1.807, 2.05) is 6.07 Å². The molecule has 0 saturated carbocycles.